The minimum absolute atomic E-state index is 0.0915. The van der Waals surface area contributed by atoms with E-state index in [1.165, 1.54) is 36.1 Å². The summed E-state index contributed by atoms with van der Waals surface area (Å²) in [7, 11) is -1.44. The lowest BCUT2D eigenvalue weighted by molar-refractivity contribution is 0.0698. The van der Waals surface area contributed by atoms with E-state index in [2.05, 4.69) is 0 Å². The molecule has 0 saturated carbocycles. The maximum Gasteiger partial charge on any atom is 0.279 e. The Balaban J connectivity index is 1.52. The Morgan fingerprint density at radius 3 is 2.48 bits per heavy atom. The average molecular weight is 480 g/mol. The fourth-order valence-electron chi connectivity index (χ4n) is 3.87. The van der Waals surface area contributed by atoms with Gasteiger partial charge in [-0.15, -0.1) is 0 Å². The van der Waals surface area contributed by atoms with E-state index in [1.54, 1.807) is 18.2 Å². The average Bonchev–Trinajstić information content (AvgIpc) is 3.30. The topological polar surface area (TPSA) is 133 Å². The van der Waals surface area contributed by atoms with Gasteiger partial charge in [-0.25, -0.2) is 13.9 Å². The van der Waals surface area contributed by atoms with Crippen molar-refractivity contribution in [1.29, 1.82) is 0 Å². The van der Waals surface area contributed by atoms with Crippen LogP contribution in [0.4, 0.5) is 0 Å². The van der Waals surface area contributed by atoms with Crippen LogP contribution in [0.25, 0.3) is 0 Å². The lowest BCUT2D eigenvalue weighted by Gasteiger charge is -2.32. The molecular formula is C21H24N2O9S. The number of fused-ring (bicyclic) bond motifs is 1. The van der Waals surface area contributed by atoms with Crippen LogP contribution < -0.4 is 29.2 Å². The van der Waals surface area contributed by atoms with Gasteiger partial charge < -0.3 is 23.7 Å². The summed E-state index contributed by atoms with van der Waals surface area (Å²) in [4.78, 5) is 12.0. The number of rotatable bonds is 7. The predicted molar refractivity (Wildman–Crippen MR) is 114 cm³/mol. The first-order valence-electron chi connectivity index (χ1n) is 10.1. The van der Waals surface area contributed by atoms with E-state index >= 15 is 0 Å². The predicted octanol–water partition coefficient (Wildman–Crippen LogP) is 1.78. The highest BCUT2D eigenvalue weighted by Crippen LogP contribution is 2.38. The van der Waals surface area contributed by atoms with Gasteiger partial charge in [0.2, 0.25) is 16.8 Å². The zero-order chi connectivity index (χ0) is 23.6. The minimum Gasteiger partial charge on any atom is -0.493 e. The van der Waals surface area contributed by atoms with Crippen LogP contribution in [0.1, 0.15) is 23.2 Å². The fourth-order valence-corrected chi connectivity index (χ4v) is 5.52. The molecule has 2 aromatic rings. The molecule has 0 spiro atoms. The van der Waals surface area contributed by atoms with Gasteiger partial charge in [-0.05, 0) is 37.1 Å². The van der Waals surface area contributed by atoms with Crippen molar-refractivity contribution in [2.24, 2.45) is 0 Å². The number of carbonyl (C=O) groups excluding carboxylic acids is 1. The maximum absolute atomic E-state index is 13.4. The van der Waals surface area contributed by atoms with Gasteiger partial charge in [0.05, 0.1) is 19.1 Å². The summed E-state index contributed by atoms with van der Waals surface area (Å²) < 4.78 is 55.1. The number of hydrogen-bond acceptors (Lipinski definition) is 9. The van der Waals surface area contributed by atoms with E-state index < -0.39 is 15.9 Å². The molecule has 0 aliphatic carbocycles. The number of hydroxylamine groups is 1. The maximum atomic E-state index is 13.4. The van der Waals surface area contributed by atoms with Crippen molar-refractivity contribution in [3.8, 4) is 28.7 Å². The van der Waals surface area contributed by atoms with Gasteiger partial charge in [0, 0.05) is 19.2 Å². The molecular weight excluding hydrogens is 456 g/mol. The molecule has 11 nitrogen and oxygen atoms in total. The Bertz CT molecular complexity index is 1140. The molecule has 0 atom stereocenters. The summed E-state index contributed by atoms with van der Waals surface area (Å²) in [5, 5.41) is 9.17. The van der Waals surface area contributed by atoms with Crippen LogP contribution in [0.3, 0.4) is 0 Å². The molecule has 4 rings (SSSR count). The number of nitrogens with one attached hydrogen (secondary N) is 1. The first kappa shape index (κ1) is 23.0. The fraction of sp³-hybridized carbons (Fsp3) is 0.381. The van der Waals surface area contributed by atoms with Gasteiger partial charge in [0.15, 0.2) is 23.0 Å². The van der Waals surface area contributed by atoms with Gasteiger partial charge in [-0.2, -0.15) is 4.31 Å². The number of hydrogen-bond donors (Lipinski definition) is 2. The lowest BCUT2D eigenvalue weighted by atomic mass is 10.1. The number of carbonyl (C=O) groups is 1. The minimum atomic E-state index is -4.08. The molecule has 2 aliphatic rings. The Kier molecular flexibility index (Phi) is 6.49. The Hall–Kier alpha value is -3.22. The number of methoxy groups -OCH3 is 2. The highest BCUT2D eigenvalue weighted by atomic mass is 32.2. The first-order chi connectivity index (χ1) is 15.9. The van der Waals surface area contributed by atoms with Crippen molar-refractivity contribution in [1.82, 2.24) is 9.79 Å². The molecule has 2 heterocycles. The van der Waals surface area contributed by atoms with E-state index in [0.717, 1.165) is 0 Å². The molecule has 0 radical (unpaired) electrons. The second-order valence-corrected chi connectivity index (χ2v) is 9.26. The van der Waals surface area contributed by atoms with Gasteiger partial charge >= 0.3 is 0 Å². The van der Waals surface area contributed by atoms with Crippen molar-refractivity contribution in [3.05, 3.63) is 35.9 Å². The molecule has 2 aliphatic heterocycles. The van der Waals surface area contributed by atoms with Crippen molar-refractivity contribution in [2.45, 2.75) is 23.8 Å². The molecule has 0 bridgehead atoms. The smallest absolute Gasteiger partial charge is 0.279 e. The summed E-state index contributed by atoms with van der Waals surface area (Å²) in [6.45, 7) is 0.541. The number of nitrogens with zero attached hydrogens (tertiary/aromatic N) is 1. The number of benzene rings is 2. The SMILES string of the molecule is COc1ccc(S(=O)(=O)N2CCC(Oc3ccc4c(c3)OCO4)CC2)c(C(=O)NO)c1OC. The van der Waals surface area contributed by atoms with E-state index in [0.29, 0.717) is 30.1 Å². The number of ether oxygens (including phenoxy) is 5. The summed E-state index contributed by atoms with van der Waals surface area (Å²) in [6.07, 6.45) is 0.702. The second-order valence-electron chi connectivity index (χ2n) is 7.35. The zero-order valence-electron chi connectivity index (χ0n) is 18.1. The Morgan fingerprint density at radius 1 is 1.09 bits per heavy atom. The summed E-state index contributed by atoms with van der Waals surface area (Å²) in [5.74, 6) is 0.918. The zero-order valence-corrected chi connectivity index (χ0v) is 18.9. The largest absolute Gasteiger partial charge is 0.493 e. The normalized spacial score (nSPS) is 16.3. The number of sulfonamides is 1. The van der Waals surface area contributed by atoms with Gasteiger partial charge in [0.1, 0.15) is 17.4 Å². The molecule has 1 fully saturated rings. The molecule has 2 aromatic carbocycles. The Morgan fingerprint density at radius 2 is 1.82 bits per heavy atom. The van der Waals surface area contributed by atoms with E-state index in [1.807, 2.05) is 0 Å². The van der Waals surface area contributed by atoms with Crippen LogP contribution in [-0.2, 0) is 10.0 Å². The van der Waals surface area contributed by atoms with Crippen LogP contribution in [0.5, 0.6) is 28.7 Å². The Labute approximate surface area is 190 Å². The van der Waals surface area contributed by atoms with E-state index in [9.17, 15) is 13.2 Å². The third-order valence-electron chi connectivity index (χ3n) is 5.50. The number of piperidine rings is 1. The van der Waals surface area contributed by atoms with Gasteiger partial charge in [0.25, 0.3) is 5.91 Å². The van der Waals surface area contributed by atoms with Gasteiger partial charge in [-0.1, -0.05) is 0 Å². The van der Waals surface area contributed by atoms with Crippen LogP contribution in [0, 0.1) is 0 Å². The highest BCUT2D eigenvalue weighted by Gasteiger charge is 2.35. The molecule has 1 saturated heterocycles. The molecule has 2 N–H and O–H groups in total. The van der Waals surface area contributed by atoms with E-state index in [4.69, 9.17) is 28.9 Å². The third kappa shape index (κ3) is 4.36. The third-order valence-corrected chi connectivity index (χ3v) is 7.44. The second kappa shape index (κ2) is 9.33. The molecule has 12 heteroatoms. The van der Waals surface area contributed by atoms with Crippen LogP contribution >= 0.6 is 0 Å². The van der Waals surface area contributed by atoms with Crippen molar-refractivity contribution in [3.63, 3.8) is 0 Å². The molecule has 0 aromatic heterocycles. The highest BCUT2D eigenvalue weighted by molar-refractivity contribution is 7.89. The summed E-state index contributed by atoms with van der Waals surface area (Å²) >= 11 is 0. The monoisotopic (exact) mass is 480 g/mol. The van der Waals surface area contributed by atoms with Crippen molar-refractivity contribution < 1.29 is 42.1 Å². The van der Waals surface area contributed by atoms with Gasteiger partial charge in [-0.3, -0.25) is 10.0 Å². The van der Waals surface area contributed by atoms with E-state index in [-0.39, 0.29) is 47.9 Å². The van der Waals surface area contributed by atoms with Crippen LogP contribution in [0.15, 0.2) is 35.2 Å². The van der Waals surface area contributed by atoms with Crippen molar-refractivity contribution >= 4 is 15.9 Å². The molecule has 33 heavy (non-hydrogen) atoms. The quantitative estimate of drug-likeness (QED) is 0.449. The summed E-state index contributed by atoms with van der Waals surface area (Å²) in [6, 6.07) is 7.95. The first-order valence-corrected chi connectivity index (χ1v) is 11.6. The molecule has 178 valence electrons. The standard InChI is InChI=1S/C21H24N2O9S/c1-28-16-5-6-18(19(20(16)29-2)21(24)22-25)33(26,27)23-9-7-13(8-10-23)32-14-3-4-15-17(11-14)31-12-30-15/h3-6,11,13,25H,7-10,12H2,1-2H3,(H,22,24). The summed E-state index contributed by atoms with van der Waals surface area (Å²) in [5.41, 5.74) is 1.14. The lowest BCUT2D eigenvalue weighted by Crippen LogP contribution is -2.42. The van der Waals surface area contributed by atoms with Crippen LogP contribution in [-0.4, -0.2) is 64.0 Å². The van der Waals surface area contributed by atoms with Crippen molar-refractivity contribution in [2.75, 3.05) is 34.1 Å². The number of amides is 1. The van der Waals surface area contributed by atoms with Crippen LogP contribution in [0.2, 0.25) is 0 Å². The molecule has 1 amide bonds. The molecule has 0 unspecified atom stereocenters.